The summed E-state index contributed by atoms with van der Waals surface area (Å²) in [5, 5.41) is 6.22. The van der Waals surface area contributed by atoms with E-state index >= 15 is 0 Å². The topological polar surface area (TPSA) is 93.8 Å². The van der Waals surface area contributed by atoms with Gasteiger partial charge < -0.3 is 9.84 Å². The molecule has 0 radical (unpaired) electrons. The van der Waals surface area contributed by atoms with E-state index in [4.69, 9.17) is 0 Å². The Morgan fingerprint density at radius 2 is 1.86 bits per heavy atom. The van der Waals surface area contributed by atoms with Gasteiger partial charge in [-0.2, -0.15) is 18.2 Å². The van der Waals surface area contributed by atoms with E-state index in [9.17, 15) is 18.0 Å². The lowest BCUT2D eigenvalue weighted by Crippen LogP contribution is -2.20. The van der Waals surface area contributed by atoms with Crippen molar-refractivity contribution in [2.24, 2.45) is 5.92 Å². The van der Waals surface area contributed by atoms with E-state index < -0.39 is 12.1 Å². The molecule has 1 aliphatic carbocycles. The Morgan fingerprint density at radius 1 is 1.14 bits per heavy atom. The van der Waals surface area contributed by atoms with Crippen molar-refractivity contribution in [3.63, 3.8) is 0 Å². The van der Waals surface area contributed by atoms with Gasteiger partial charge in [0, 0.05) is 30.1 Å². The maximum atomic E-state index is 12.7. The van der Waals surface area contributed by atoms with Crippen LogP contribution < -0.4 is 5.32 Å². The first-order chi connectivity index (χ1) is 13.9. The highest BCUT2D eigenvalue weighted by molar-refractivity contribution is 5.91. The second-order valence-electron chi connectivity index (χ2n) is 6.83. The second kappa shape index (κ2) is 7.61. The van der Waals surface area contributed by atoms with E-state index in [2.05, 4.69) is 29.9 Å². The number of amides is 1. The average molecular weight is 403 g/mol. The molecule has 1 N–H and O–H groups in total. The van der Waals surface area contributed by atoms with Crippen LogP contribution in [0.1, 0.15) is 31.6 Å². The first-order valence-electron chi connectivity index (χ1n) is 9.02. The van der Waals surface area contributed by atoms with Crippen LogP contribution in [0.3, 0.4) is 0 Å². The SMILES string of the molecule is O=C(CC1CCC1)Nc1ccnc(-c2cc(-c3noc(C(F)(F)F)n3)ccn2)c1. The standard InChI is InChI=1S/C19H16F3N5O2/c20-19(21,22)18-26-17(27-29-18)12-4-6-23-14(9-12)15-10-13(5-7-24-15)25-16(28)8-11-2-1-3-11/h4-7,9-11H,1-3,8H2,(H,24,25,28). The van der Waals surface area contributed by atoms with Gasteiger partial charge in [-0.15, -0.1) is 0 Å². The van der Waals surface area contributed by atoms with Crippen LogP contribution in [0.25, 0.3) is 22.8 Å². The van der Waals surface area contributed by atoms with E-state index in [1.807, 2.05) is 0 Å². The summed E-state index contributed by atoms with van der Waals surface area (Å²) in [5.74, 6) is -1.22. The Kier molecular flexibility index (Phi) is 4.99. The Hall–Kier alpha value is -3.30. The molecule has 4 rings (SSSR count). The van der Waals surface area contributed by atoms with Crippen LogP contribution >= 0.6 is 0 Å². The lowest BCUT2D eigenvalue weighted by molar-refractivity contribution is -0.159. The Labute approximate surface area is 163 Å². The predicted molar refractivity (Wildman–Crippen MR) is 96.3 cm³/mol. The van der Waals surface area contributed by atoms with Crippen molar-refractivity contribution >= 4 is 11.6 Å². The Bertz CT molecular complexity index is 1030. The third kappa shape index (κ3) is 4.41. The third-order valence-corrected chi connectivity index (χ3v) is 4.69. The molecule has 3 aromatic heterocycles. The van der Waals surface area contributed by atoms with Gasteiger partial charge in [0.05, 0.1) is 11.4 Å². The van der Waals surface area contributed by atoms with Crippen LogP contribution in [0.15, 0.2) is 41.2 Å². The van der Waals surface area contributed by atoms with Crippen molar-refractivity contribution in [2.45, 2.75) is 31.9 Å². The highest BCUT2D eigenvalue weighted by atomic mass is 19.4. The molecule has 1 aliphatic rings. The summed E-state index contributed by atoms with van der Waals surface area (Å²) in [7, 11) is 0. The minimum absolute atomic E-state index is 0.0555. The van der Waals surface area contributed by atoms with Crippen molar-refractivity contribution in [3.05, 3.63) is 42.5 Å². The van der Waals surface area contributed by atoms with Crippen molar-refractivity contribution in [3.8, 4) is 22.8 Å². The van der Waals surface area contributed by atoms with Gasteiger partial charge in [-0.1, -0.05) is 11.6 Å². The second-order valence-corrected chi connectivity index (χ2v) is 6.83. The molecule has 0 aliphatic heterocycles. The molecule has 150 valence electrons. The number of rotatable bonds is 5. The highest BCUT2D eigenvalue weighted by Crippen LogP contribution is 2.31. The summed E-state index contributed by atoms with van der Waals surface area (Å²) in [5.41, 5.74) is 1.73. The number of alkyl halides is 3. The van der Waals surface area contributed by atoms with Crippen molar-refractivity contribution < 1.29 is 22.5 Å². The van der Waals surface area contributed by atoms with E-state index in [0.717, 1.165) is 12.8 Å². The van der Waals surface area contributed by atoms with Gasteiger partial charge in [0.1, 0.15) is 0 Å². The number of carbonyl (C=O) groups is 1. The van der Waals surface area contributed by atoms with Crippen LogP contribution in [-0.4, -0.2) is 26.0 Å². The van der Waals surface area contributed by atoms with E-state index in [-0.39, 0.29) is 11.7 Å². The molecule has 10 heteroatoms. The number of hydrogen-bond acceptors (Lipinski definition) is 6. The fourth-order valence-electron chi connectivity index (χ4n) is 2.99. The van der Waals surface area contributed by atoms with Gasteiger partial charge in [0.25, 0.3) is 0 Å². The summed E-state index contributed by atoms with van der Waals surface area (Å²) in [6.45, 7) is 0. The number of hydrogen-bond donors (Lipinski definition) is 1. The number of halogens is 3. The monoisotopic (exact) mass is 403 g/mol. The van der Waals surface area contributed by atoms with Gasteiger partial charge in [0.15, 0.2) is 0 Å². The van der Waals surface area contributed by atoms with Crippen LogP contribution in [-0.2, 0) is 11.0 Å². The fourth-order valence-corrected chi connectivity index (χ4v) is 2.99. The largest absolute Gasteiger partial charge is 0.471 e. The Morgan fingerprint density at radius 3 is 2.52 bits per heavy atom. The molecular weight excluding hydrogens is 387 g/mol. The lowest BCUT2D eigenvalue weighted by Gasteiger charge is -2.24. The van der Waals surface area contributed by atoms with Crippen molar-refractivity contribution in [1.29, 1.82) is 0 Å². The first kappa shape index (κ1) is 19.0. The molecule has 1 fully saturated rings. The predicted octanol–water partition coefficient (Wildman–Crippen LogP) is 4.34. The minimum atomic E-state index is -4.71. The smallest absolute Gasteiger partial charge is 0.329 e. The van der Waals surface area contributed by atoms with E-state index in [1.165, 1.54) is 30.9 Å². The molecule has 0 atom stereocenters. The van der Waals surface area contributed by atoms with Crippen LogP contribution in [0.4, 0.5) is 18.9 Å². The van der Waals surface area contributed by atoms with E-state index in [1.54, 1.807) is 12.1 Å². The van der Waals surface area contributed by atoms with Gasteiger partial charge in [-0.3, -0.25) is 14.8 Å². The number of carbonyl (C=O) groups excluding carboxylic acids is 1. The summed E-state index contributed by atoms with van der Waals surface area (Å²) >= 11 is 0. The van der Waals surface area contributed by atoms with Crippen LogP contribution in [0.2, 0.25) is 0 Å². The van der Waals surface area contributed by atoms with Gasteiger partial charge >= 0.3 is 12.1 Å². The zero-order valence-electron chi connectivity index (χ0n) is 15.1. The molecule has 1 saturated carbocycles. The molecule has 7 nitrogen and oxygen atoms in total. The fraction of sp³-hybridized carbons (Fsp3) is 0.316. The first-order valence-corrected chi connectivity index (χ1v) is 9.02. The molecule has 0 bridgehead atoms. The molecule has 0 saturated heterocycles. The zero-order chi connectivity index (χ0) is 20.4. The normalized spacial score (nSPS) is 14.4. The summed E-state index contributed by atoms with van der Waals surface area (Å²) in [4.78, 5) is 23.9. The number of nitrogens with one attached hydrogen (secondary N) is 1. The summed E-state index contributed by atoms with van der Waals surface area (Å²) < 4.78 is 42.3. The number of nitrogens with zero attached hydrogens (tertiary/aromatic N) is 4. The maximum absolute atomic E-state index is 12.7. The molecule has 0 aromatic carbocycles. The van der Waals surface area contributed by atoms with Gasteiger partial charge in [-0.05, 0) is 43.0 Å². The number of pyridine rings is 2. The van der Waals surface area contributed by atoms with Gasteiger partial charge in [0.2, 0.25) is 11.7 Å². The number of aromatic nitrogens is 4. The Balaban J connectivity index is 1.53. The van der Waals surface area contributed by atoms with Crippen LogP contribution in [0.5, 0.6) is 0 Å². The maximum Gasteiger partial charge on any atom is 0.471 e. The third-order valence-electron chi connectivity index (χ3n) is 4.69. The molecule has 29 heavy (non-hydrogen) atoms. The van der Waals surface area contributed by atoms with E-state index in [0.29, 0.717) is 35.0 Å². The average Bonchev–Trinajstić information content (AvgIpc) is 3.16. The highest BCUT2D eigenvalue weighted by Gasteiger charge is 2.38. The molecule has 0 unspecified atom stereocenters. The molecular formula is C19H16F3N5O2. The number of anilines is 1. The minimum Gasteiger partial charge on any atom is -0.329 e. The molecule has 0 spiro atoms. The molecule has 1 amide bonds. The van der Waals surface area contributed by atoms with Crippen molar-refractivity contribution in [2.75, 3.05) is 5.32 Å². The van der Waals surface area contributed by atoms with Crippen LogP contribution in [0, 0.1) is 5.92 Å². The quantitative estimate of drug-likeness (QED) is 0.681. The van der Waals surface area contributed by atoms with Gasteiger partial charge in [-0.25, -0.2) is 0 Å². The zero-order valence-corrected chi connectivity index (χ0v) is 15.1. The lowest BCUT2D eigenvalue weighted by atomic mass is 9.83. The molecule has 3 heterocycles. The van der Waals surface area contributed by atoms with Crippen molar-refractivity contribution in [1.82, 2.24) is 20.1 Å². The summed E-state index contributed by atoms with van der Waals surface area (Å²) in [6.07, 6.45) is 2.05. The molecule has 3 aromatic rings. The summed E-state index contributed by atoms with van der Waals surface area (Å²) in [6, 6.07) is 6.30.